The Hall–Kier alpha value is -3.15. The van der Waals surface area contributed by atoms with Crippen LogP contribution in [0.25, 0.3) is 0 Å². The minimum atomic E-state index is -0.538. The van der Waals surface area contributed by atoms with Gasteiger partial charge >= 0.3 is 0 Å². The summed E-state index contributed by atoms with van der Waals surface area (Å²) >= 11 is 0. The van der Waals surface area contributed by atoms with Crippen LogP contribution in [-0.2, 0) is 4.79 Å². The number of amides is 3. The van der Waals surface area contributed by atoms with E-state index in [1.165, 1.54) is 6.07 Å². The average molecular weight is 323 g/mol. The molecule has 0 unspecified atom stereocenters. The predicted molar refractivity (Wildman–Crippen MR) is 90.8 cm³/mol. The summed E-state index contributed by atoms with van der Waals surface area (Å²) in [5.41, 5.74) is 9.08. The van der Waals surface area contributed by atoms with E-state index in [1.54, 1.807) is 12.1 Å². The van der Waals surface area contributed by atoms with Crippen molar-refractivity contribution in [1.82, 2.24) is 4.90 Å². The number of carbonyl (C=O) groups is 3. The van der Waals surface area contributed by atoms with Crippen molar-refractivity contribution >= 4 is 29.1 Å². The number of hydrogen-bond donors (Lipinski definition) is 2. The monoisotopic (exact) mass is 323 g/mol. The zero-order chi connectivity index (χ0) is 17.4. The summed E-state index contributed by atoms with van der Waals surface area (Å²) in [7, 11) is 0. The van der Waals surface area contributed by atoms with Gasteiger partial charge in [0.25, 0.3) is 11.8 Å². The first-order valence-electron chi connectivity index (χ1n) is 7.49. The molecule has 2 aromatic carbocycles. The van der Waals surface area contributed by atoms with Gasteiger partial charge in [-0.15, -0.1) is 0 Å². The van der Waals surface area contributed by atoms with E-state index in [0.717, 1.165) is 16.0 Å². The quantitative estimate of drug-likeness (QED) is 0.668. The maximum Gasteiger partial charge on any atom is 0.264 e. The summed E-state index contributed by atoms with van der Waals surface area (Å²) in [5.74, 6) is -1.48. The van der Waals surface area contributed by atoms with Crippen molar-refractivity contribution in [2.45, 2.75) is 13.8 Å². The third-order valence-corrected chi connectivity index (χ3v) is 3.84. The summed E-state index contributed by atoms with van der Waals surface area (Å²) in [5, 5.41) is 2.72. The number of anilines is 2. The van der Waals surface area contributed by atoms with Crippen molar-refractivity contribution in [1.29, 1.82) is 0 Å². The minimum absolute atomic E-state index is 0.168. The number of carbonyl (C=O) groups excluding carboxylic acids is 3. The van der Waals surface area contributed by atoms with Crippen molar-refractivity contribution in [2.75, 3.05) is 17.6 Å². The highest BCUT2D eigenvalue weighted by Crippen LogP contribution is 2.27. The molecule has 0 saturated heterocycles. The molecule has 0 bridgehead atoms. The molecule has 1 aliphatic heterocycles. The van der Waals surface area contributed by atoms with E-state index in [4.69, 9.17) is 5.73 Å². The van der Waals surface area contributed by atoms with Crippen LogP contribution in [0.2, 0.25) is 0 Å². The van der Waals surface area contributed by atoms with Crippen LogP contribution < -0.4 is 11.1 Å². The molecule has 0 fully saturated rings. The highest BCUT2D eigenvalue weighted by molar-refractivity contribution is 6.24. The smallest absolute Gasteiger partial charge is 0.264 e. The summed E-state index contributed by atoms with van der Waals surface area (Å²) in [6.07, 6.45) is 0. The molecule has 1 heterocycles. The van der Waals surface area contributed by atoms with Crippen LogP contribution in [-0.4, -0.2) is 29.2 Å². The molecule has 0 saturated carbocycles. The number of nitrogens with two attached hydrogens (primary N) is 1. The maximum atomic E-state index is 12.4. The highest BCUT2D eigenvalue weighted by atomic mass is 16.2. The number of imide groups is 1. The van der Waals surface area contributed by atoms with Gasteiger partial charge in [0.15, 0.2) is 0 Å². The van der Waals surface area contributed by atoms with E-state index in [0.29, 0.717) is 5.69 Å². The van der Waals surface area contributed by atoms with Crippen LogP contribution in [0.3, 0.4) is 0 Å². The number of benzene rings is 2. The summed E-state index contributed by atoms with van der Waals surface area (Å²) in [4.78, 5) is 37.8. The molecule has 24 heavy (non-hydrogen) atoms. The summed E-state index contributed by atoms with van der Waals surface area (Å²) in [6.45, 7) is 3.50. The lowest BCUT2D eigenvalue weighted by molar-refractivity contribution is -0.116. The molecule has 122 valence electrons. The second kappa shape index (κ2) is 5.81. The number of nitrogens with one attached hydrogen (secondary N) is 1. The maximum absolute atomic E-state index is 12.4. The molecule has 0 aliphatic carbocycles. The Bertz CT molecular complexity index is 854. The lowest BCUT2D eigenvalue weighted by Gasteiger charge is -2.14. The Balaban J connectivity index is 1.77. The zero-order valence-corrected chi connectivity index (χ0v) is 13.4. The SMILES string of the molecule is Cc1cc(C)cc(NC(=O)CN2C(=O)c3cccc(N)c3C2=O)c1. The van der Waals surface area contributed by atoms with E-state index < -0.39 is 17.7 Å². The van der Waals surface area contributed by atoms with Crippen LogP contribution in [0.1, 0.15) is 31.8 Å². The average Bonchev–Trinajstić information content (AvgIpc) is 2.72. The molecule has 0 radical (unpaired) electrons. The largest absolute Gasteiger partial charge is 0.398 e. The number of hydrogen-bond acceptors (Lipinski definition) is 4. The summed E-state index contributed by atoms with van der Waals surface area (Å²) in [6, 6.07) is 10.3. The van der Waals surface area contributed by atoms with Crippen LogP contribution in [0.5, 0.6) is 0 Å². The highest BCUT2D eigenvalue weighted by Gasteiger charge is 2.37. The molecule has 2 aromatic rings. The van der Waals surface area contributed by atoms with E-state index in [2.05, 4.69) is 5.32 Å². The zero-order valence-electron chi connectivity index (χ0n) is 13.4. The van der Waals surface area contributed by atoms with Gasteiger partial charge in [0, 0.05) is 11.4 Å². The molecule has 6 heteroatoms. The molecule has 0 spiro atoms. The molecular weight excluding hydrogens is 306 g/mol. The van der Waals surface area contributed by atoms with Gasteiger partial charge in [0.05, 0.1) is 11.1 Å². The second-order valence-corrected chi connectivity index (χ2v) is 5.89. The van der Waals surface area contributed by atoms with E-state index >= 15 is 0 Å². The van der Waals surface area contributed by atoms with Gasteiger partial charge < -0.3 is 11.1 Å². The van der Waals surface area contributed by atoms with Gasteiger partial charge in [-0.25, -0.2) is 0 Å². The summed E-state index contributed by atoms with van der Waals surface area (Å²) < 4.78 is 0. The number of aryl methyl sites for hydroxylation is 2. The molecule has 0 atom stereocenters. The normalized spacial score (nSPS) is 13.2. The first-order chi connectivity index (χ1) is 11.4. The molecule has 1 aliphatic rings. The van der Waals surface area contributed by atoms with Crippen molar-refractivity contribution in [3.8, 4) is 0 Å². The molecule has 3 N–H and O–H groups in total. The fraction of sp³-hybridized carbons (Fsp3) is 0.167. The lowest BCUT2D eigenvalue weighted by Crippen LogP contribution is -2.37. The van der Waals surface area contributed by atoms with E-state index in [9.17, 15) is 14.4 Å². The van der Waals surface area contributed by atoms with Crippen LogP contribution >= 0.6 is 0 Å². The lowest BCUT2D eigenvalue weighted by atomic mass is 10.1. The third kappa shape index (κ3) is 2.74. The van der Waals surface area contributed by atoms with Gasteiger partial charge in [-0.2, -0.15) is 0 Å². The number of nitrogens with zero attached hydrogens (tertiary/aromatic N) is 1. The van der Waals surface area contributed by atoms with Gasteiger partial charge in [-0.05, 0) is 49.2 Å². The third-order valence-electron chi connectivity index (χ3n) is 3.84. The molecule has 0 aromatic heterocycles. The Labute approximate surface area is 139 Å². The van der Waals surface area contributed by atoms with Crippen LogP contribution in [0, 0.1) is 13.8 Å². The number of fused-ring (bicyclic) bond motifs is 1. The Kier molecular flexibility index (Phi) is 3.81. The Morgan fingerprint density at radius 3 is 2.38 bits per heavy atom. The first kappa shape index (κ1) is 15.7. The van der Waals surface area contributed by atoms with Crippen molar-refractivity contribution < 1.29 is 14.4 Å². The molecule has 3 amide bonds. The van der Waals surface area contributed by atoms with Gasteiger partial charge in [0.2, 0.25) is 5.91 Å². The minimum Gasteiger partial charge on any atom is -0.398 e. The van der Waals surface area contributed by atoms with E-state index in [-0.39, 0.29) is 23.4 Å². The number of nitrogen functional groups attached to an aromatic ring is 1. The van der Waals surface area contributed by atoms with Gasteiger partial charge in [-0.1, -0.05) is 12.1 Å². The standard InChI is InChI=1S/C18H17N3O3/c1-10-6-11(2)8-12(7-10)20-15(22)9-21-17(23)13-4-3-5-14(19)16(13)18(21)24/h3-8H,9,19H2,1-2H3,(H,20,22). The van der Waals surface area contributed by atoms with Crippen molar-refractivity contribution in [3.63, 3.8) is 0 Å². The fourth-order valence-electron chi connectivity index (χ4n) is 2.89. The predicted octanol–water partition coefficient (Wildman–Crippen LogP) is 2.12. The molecule has 6 nitrogen and oxygen atoms in total. The Morgan fingerprint density at radius 2 is 1.75 bits per heavy atom. The van der Waals surface area contributed by atoms with Gasteiger partial charge in [-0.3, -0.25) is 19.3 Å². The van der Waals surface area contributed by atoms with Gasteiger partial charge in [0.1, 0.15) is 6.54 Å². The van der Waals surface area contributed by atoms with Crippen molar-refractivity contribution in [2.24, 2.45) is 0 Å². The Morgan fingerprint density at radius 1 is 1.08 bits per heavy atom. The van der Waals surface area contributed by atoms with Crippen molar-refractivity contribution in [3.05, 3.63) is 58.7 Å². The molecule has 3 rings (SSSR count). The molecular formula is C18H17N3O3. The fourth-order valence-corrected chi connectivity index (χ4v) is 2.89. The number of rotatable bonds is 3. The first-order valence-corrected chi connectivity index (χ1v) is 7.49. The van der Waals surface area contributed by atoms with Crippen LogP contribution in [0.4, 0.5) is 11.4 Å². The second-order valence-electron chi connectivity index (χ2n) is 5.89. The topological polar surface area (TPSA) is 92.5 Å². The van der Waals surface area contributed by atoms with Crippen LogP contribution in [0.15, 0.2) is 36.4 Å². The van der Waals surface area contributed by atoms with E-state index in [1.807, 2.05) is 32.0 Å².